The van der Waals surface area contributed by atoms with Crippen molar-refractivity contribution in [3.05, 3.63) is 78.6 Å². The molecule has 0 amide bonds. The van der Waals surface area contributed by atoms with Gasteiger partial charge in [0.05, 0.1) is 11.0 Å². The lowest BCUT2D eigenvalue weighted by atomic mass is 10.1. The van der Waals surface area contributed by atoms with E-state index in [4.69, 9.17) is 17.2 Å². The van der Waals surface area contributed by atoms with Crippen LogP contribution in [0.15, 0.2) is 72.8 Å². The van der Waals surface area contributed by atoms with E-state index in [0.717, 1.165) is 46.6 Å². The first-order valence-electron chi connectivity index (χ1n) is 10.6. The molecule has 0 saturated heterocycles. The summed E-state index contributed by atoms with van der Waals surface area (Å²) in [6.07, 6.45) is 4.74. The van der Waals surface area contributed by atoms with Crippen LogP contribution < -0.4 is 10.6 Å². The molecule has 0 radical (unpaired) electrons. The molecule has 4 nitrogen and oxygen atoms in total. The van der Waals surface area contributed by atoms with Crippen LogP contribution in [0.5, 0.6) is 0 Å². The van der Waals surface area contributed by atoms with Crippen molar-refractivity contribution in [1.29, 1.82) is 0 Å². The molecule has 4 aromatic rings. The zero-order valence-corrected chi connectivity index (χ0v) is 17.8. The summed E-state index contributed by atoms with van der Waals surface area (Å²) in [7, 11) is 0. The van der Waals surface area contributed by atoms with Crippen molar-refractivity contribution in [2.24, 2.45) is 0 Å². The first kappa shape index (κ1) is 19.7. The van der Waals surface area contributed by atoms with Crippen LogP contribution in [0, 0.1) is 5.82 Å². The predicted octanol–water partition coefficient (Wildman–Crippen LogP) is 6.77. The molecule has 31 heavy (non-hydrogen) atoms. The number of hydrogen-bond acceptors (Lipinski definition) is 2. The van der Waals surface area contributed by atoms with Crippen LogP contribution in [0.1, 0.15) is 31.7 Å². The summed E-state index contributed by atoms with van der Waals surface area (Å²) in [5, 5.41) is 6.97. The molecule has 0 aliphatic heterocycles. The average Bonchev–Trinajstić information content (AvgIpc) is 3.42. The lowest BCUT2D eigenvalue weighted by molar-refractivity contribution is 0.537. The SMILES string of the molecule is Fc1ccc(-c2nc3cc(NC(=S)Nc4ccccc4)ccc3n2C2CCCC2)cc1. The average molecular weight is 431 g/mol. The van der Waals surface area contributed by atoms with Crippen LogP contribution in [0.4, 0.5) is 15.8 Å². The highest BCUT2D eigenvalue weighted by Gasteiger charge is 2.23. The van der Waals surface area contributed by atoms with Gasteiger partial charge >= 0.3 is 0 Å². The normalized spacial score (nSPS) is 14.1. The van der Waals surface area contributed by atoms with Crippen LogP contribution in [0.25, 0.3) is 22.4 Å². The van der Waals surface area contributed by atoms with E-state index >= 15 is 0 Å². The number of fused-ring (bicyclic) bond motifs is 1. The van der Waals surface area contributed by atoms with Crippen molar-refractivity contribution in [2.75, 3.05) is 10.6 Å². The van der Waals surface area contributed by atoms with Gasteiger partial charge in [0.25, 0.3) is 0 Å². The van der Waals surface area contributed by atoms with E-state index < -0.39 is 0 Å². The molecule has 156 valence electrons. The van der Waals surface area contributed by atoms with Gasteiger partial charge in [0.2, 0.25) is 0 Å². The summed E-state index contributed by atoms with van der Waals surface area (Å²) >= 11 is 5.46. The Morgan fingerprint density at radius 3 is 2.35 bits per heavy atom. The molecule has 6 heteroatoms. The first-order chi connectivity index (χ1) is 15.2. The molecule has 1 saturated carbocycles. The maximum atomic E-state index is 13.5. The number of anilines is 2. The van der Waals surface area contributed by atoms with Gasteiger partial charge < -0.3 is 15.2 Å². The molecular weight excluding hydrogens is 407 g/mol. The van der Waals surface area contributed by atoms with E-state index in [1.165, 1.54) is 25.0 Å². The second kappa shape index (κ2) is 8.47. The lowest BCUT2D eigenvalue weighted by Gasteiger charge is -2.17. The van der Waals surface area contributed by atoms with Gasteiger partial charge in [-0.05, 0) is 79.7 Å². The van der Waals surface area contributed by atoms with Crippen molar-refractivity contribution >= 4 is 39.7 Å². The number of aromatic nitrogens is 2. The van der Waals surface area contributed by atoms with Crippen molar-refractivity contribution in [2.45, 2.75) is 31.7 Å². The van der Waals surface area contributed by atoms with Crippen LogP contribution in [0.3, 0.4) is 0 Å². The molecule has 3 aromatic carbocycles. The number of thiocarbonyl (C=S) groups is 1. The van der Waals surface area contributed by atoms with Crippen molar-refractivity contribution in [1.82, 2.24) is 9.55 Å². The molecule has 1 aromatic heterocycles. The standard InChI is InChI=1S/C25H23FN4S/c26-18-12-10-17(11-13-18)24-29-22-16-20(28-25(31)27-19-6-2-1-3-7-19)14-15-23(22)30(24)21-8-4-5-9-21/h1-3,6-7,10-16,21H,4-5,8-9H2,(H2,27,28,31). The Kier molecular flexibility index (Phi) is 5.38. The largest absolute Gasteiger partial charge is 0.332 e. The van der Waals surface area contributed by atoms with Crippen LogP contribution in [-0.2, 0) is 0 Å². The van der Waals surface area contributed by atoms with Gasteiger partial charge in [-0.25, -0.2) is 9.37 Å². The summed E-state index contributed by atoms with van der Waals surface area (Å²) in [5.41, 5.74) is 4.74. The Hall–Kier alpha value is -3.25. The van der Waals surface area contributed by atoms with Crippen molar-refractivity contribution in [3.63, 3.8) is 0 Å². The monoisotopic (exact) mass is 430 g/mol. The van der Waals surface area contributed by atoms with Gasteiger partial charge in [-0.2, -0.15) is 0 Å². The molecule has 0 spiro atoms. The Morgan fingerprint density at radius 1 is 0.903 bits per heavy atom. The highest BCUT2D eigenvalue weighted by atomic mass is 32.1. The van der Waals surface area contributed by atoms with Crippen molar-refractivity contribution in [3.8, 4) is 11.4 Å². The van der Waals surface area contributed by atoms with E-state index in [1.807, 2.05) is 42.5 Å². The smallest absolute Gasteiger partial charge is 0.175 e. The number of benzene rings is 3. The quantitative estimate of drug-likeness (QED) is 0.351. The van der Waals surface area contributed by atoms with E-state index in [-0.39, 0.29) is 5.82 Å². The fraction of sp³-hybridized carbons (Fsp3) is 0.200. The zero-order valence-electron chi connectivity index (χ0n) is 17.0. The number of nitrogens with zero attached hydrogens (tertiary/aromatic N) is 2. The Labute approximate surface area is 186 Å². The highest BCUT2D eigenvalue weighted by molar-refractivity contribution is 7.80. The fourth-order valence-corrected chi connectivity index (χ4v) is 4.56. The summed E-state index contributed by atoms with van der Waals surface area (Å²) in [6, 6.07) is 23.0. The third-order valence-corrected chi connectivity index (χ3v) is 5.98. The molecule has 1 aliphatic carbocycles. The zero-order chi connectivity index (χ0) is 21.2. The summed E-state index contributed by atoms with van der Waals surface area (Å²) in [6.45, 7) is 0. The number of imidazole rings is 1. The molecule has 2 N–H and O–H groups in total. The minimum atomic E-state index is -0.238. The number of para-hydroxylation sites is 1. The van der Waals surface area contributed by atoms with Crippen molar-refractivity contribution < 1.29 is 4.39 Å². The topological polar surface area (TPSA) is 41.9 Å². The lowest BCUT2D eigenvalue weighted by Crippen LogP contribution is -2.18. The maximum absolute atomic E-state index is 13.5. The highest BCUT2D eigenvalue weighted by Crippen LogP contribution is 2.37. The second-order valence-corrected chi connectivity index (χ2v) is 8.31. The molecule has 0 unspecified atom stereocenters. The number of hydrogen-bond donors (Lipinski definition) is 2. The van der Waals surface area contributed by atoms with Gasteiger partial charge in [-0.1, -0.05) is 31.0 Å². The second-order valence-electron chi connectivity index (χ2n) is 7.90. The van der Waals surface area contributed by atoms with Crippen LogP contribution in [0.2, 0.25) is 0 Å². The molecule has 0 bridgehead atoms. The van der Waals surface area contributed by atoms with Gasteiger partial charge in [-0.3, -0.25) is 0 Å². The van der Waals surface area contributed by atoms with Gasteiger partial charge in [0.1, 0.15) is 11.6 Å². The fourth-order valence-electron chi connectivity index (χ4n) is 4.33. The number of rotatable bonds is 4. The number of halogens is 1. The summed E-state index contributed by atoms with van der Waals surface area (Å²) < 4.78 is 15.8. The Balaban J connectivity index is 1.48. The van der Waals surface area contributed by atoms with E-state index in [9.17, 15) is 4.39 Å². The van der Waals surface area contributed by atoms with Crippen LogP contribution in [-0.4, -0.2) is 14.7 Å². The maximum Gasteiger partial charge on any atom is 0.175 e. The van der Waals surface area contributed by atoms with Gasteiger partial charge in [0.15, 0.2) is 5.11 Å². The Bertz CT molecular complexity index is 1210. The van der Waals surface area contributed by atoms with Gasteiger partial charge in [-0.15, -0.1) is 0 Å². The minimum Gasteiger partial charge on any atom is -0.332 e. The third kappa shape index (κ3) is 4.16. The Morgan fingerprint density at radius 2 is 1.61 bits per heavy atom. The molecule has 1 heterocycles. The summed E-state index contributed by atoms with van der Waals surface area (Å²) in [5.74, 6) is 0.655. The van der Waals surface area contributed by atoms with Gasteiger partial charge in [0, 0.05) is 23.0 Å². The molecular formula is C25H23FN4S. The molecule has 5 rings (SSSR count). The third-order valence-electron chi connectivity index (χ3n) is 5.77. The van der Waals surface area contributed by atoms with E-state index in [1.54, 1.807) is 12.1 Å². The molecule has 1 fully saturated rings. The number of nitrogens with one attached hydrogen (secondary N) is 2. The van der Waals surface area contributed by atoms with E-state index in [0.29, 0.717) is 11.2 Å². The molecule has 0 atom stereocenters. The first-order valence-corrected chi connectivity index (χ1v) is 11.0. The predicted molar refractivity (Wildman–Crippen MR) is 129 cm³/mol. The molecule has 1 aliphatic rings. The van der Waals surface area contributed by atoms with Crippen LogP contribution >= 0.6 is 12.2 Å². The minimum absolute atomic E-state index is 0.238. The summed E-state index contributed by atoms with van der Waals surface area (Å²) in [4.78, 5) is 4.95. The van der Waals surface area contributed by atoms with E-state index in [2.05, 4.69) is 21.3 Å².